The summed E-state index contributed by atoms with van der Waals surface area (Å²) in [5.41, 5.74) is 0.806. The third-order valence-electron chi connectivity index (χ3n) is 3.64. The predicted octanol–water partition coefficient (Wildman–Crippen LogP) is 3.36. The third kappa shape index (κ3) is 5.22. The van der Waals surface area contributed by atoms with Crippen LogP contribution in [0.5, 0.6) is 0 Å². The summed E-state index contributed by atoms with van der Waals surface area (Å²) >= 11 is 12.3. The van der Waals surface area contributed by atoms with E-state index < -0.39 is 0 Å². The number of rotatable bonds is 7. The largest absolute Gasteiger partial charge is 0.351 e. The van der Waals surface area contributed by atoms with Crippen LogP contribution in [0, 0.1) is 5.92 Å². The van der Waals surface area contributed by atoms with Gasteiger partial charge in [-0.1, -0.05) is 43.1 Å². The van der Waals surface area contributed by atoms with Crippen LogP contribution in [0.25, 0.3) is 0 Å². The molecule has 0 aliphatic heterocycles. The average molecular weight is 355 g/mol. The van der Waals surface area contributed by atoms with Gasteiger partial charge in [-0.2, -0.15) is 15.0 Å². The van der Waals surface area contributed by atoms with E-state index in [4.69, 9.17) is 23.2 Å². The van der Waals surface area contributed by atoms with Crippen molar-refractivity contribution in [3.05, 3.63) is 46.2 Å². The van der Waals surface area contributed by atoms with E-state index in [-0.39, 0.29) is 17.9 Å². The molecular formula is C16H20Cl2N4O. The topological polar surface area (TPSA) is 59.8 Å². The molecule has 5 nitrogen and oxygen atoms in total. The fourth-order valence-electron chi connectivity index (χ4n) is 2.23. The summed E-state index contributed by atoms with van der Waals surface area (Å²) in [6.07, 6.45) is 4.09. The van der Waals surface area contributed by atoms with E-state index >= 15 is 0 Å². The molecule has 1 heterocycles. The zero-order valence-electron chi connectivity index (χ0n) is 13.2. The zero-order valence-corrected chi connectivity index (χ0v) is 14.7. The Morgan fingerprint density at radius 3 is 2.39 bits per heavy atom. The molecule has 0 spiro atoms. The number of benzene rings is 1. The minimum absolute atomic E-state index is 0.0309. The highest BCUT2D eigenvalue weighted by Crippen LogP contribution is 2.25. The Kier molecular flexibility index (Phi) is 6.42. The second-order valence-corrected chi connectivity index (χ2v) is 6.52. The monoisotopic (exact) mass is 354 g/mol. The molecule has 1 amide bonds. The highest BCUT2D eigenvalue weighted by atomic mass is 35.5. The maximum atomic E-state index is 12.2. The van der Waals surface area contributed by atoms with Crippen molar-refractivity contribution in [3.8, 4) is 0 Å². The maximum Gasteiger partial charge on any atom is 0.220 e. The summed E-state index contributed by atoms with van der Waals surface area (Å²) in [5.74, 6) is 0.237. The number of aromatic nitrogens is 3. The van der Waals surface area contributed by atoms with Crippen molar-refractivity contribution in [1.82, 2.24) is 20.3 Å². The molecule has 0 fully saturated rings. The number of amides is 1. The molecule has 1 aromatic heterocycles. The van der Waals surface area contributed by atoms with Gasteiger partial charge >= 0.3 is 0 Å². The Bertz CT molecular complexity index is 623. The number of nitrogens with one attached hydrogen (secondary N) is 1. The molecule has 0 aliphatic rings. The van der Waals surface area contributed by atoms with Gasteiger partial charge in [-0.3, -0.25) is 4.79 Å². The van der Waals surface area contributed by atoms with Gasteiger partial charge in [0.1, 0.15) is 0 Å². The quantitative estimate of drug-likeness (QED) is 0.829. The summed E-state index contributed by atoms with van der Waals surface area (Å²) in [7, 11) is 0. The van der Waals surface area contributed by atoms with Gasteiger partial charge < -0.3 is 5.32 Å². The molecule has 0 aliphatic carbocycles. The zero-order chi connectivity index (χ0) is 16.8. The fraction of sp³-hybridized carbons (Fsp3) is 0.438. The van der Waals surface area contributed by atoms with Crippen LogP contribution in [-0.4, -0.2) is 26.9 Å². The van der Waals surface area contributed by atoms with Crippen molar-refractivity contribution in [2.45, 2.75) is 39.3 Å². The second kappa shape index (κ2) is 8.31. The Balaban J connectivity index is 1.92. The molecule has 7 heteroatoms. The first-order valence-electron chi connectivity index (χ1n) is 7.53. The minimum atomic E-state index is -0.0353. The van der Waals surface area contributed by atoms with Gasteiger partial charge in [0.25, 0.3) is 0 Å². The highest BCUT2D eigenvalue weighted by Gasteiger charge is 2.18. The van der Waals surface area contributed by atoms with E-state index in [0.717, 1.165) is 5.56 Å². The Morgan fingerprint density at radius 2 is 1.83 bits per heavy atom. The molecular weight excluding hydrogens is 335 g/mol. The molecule has 0 saturated carbocycles. The van der Waals surface area contributed by atoms with Crippen molar-refractivity contribution >= 4 is 29.1 Å². The molecule has 0 saturated heterocycles. The van der Waals surface area contributed by atoms with Crippen molar-refractivity contribution < 1.29 is 4.79 Å². The third-order valence-corrected chi connectivity index (χ3v) is 4.35. The van der Waals surface area contributed by atoms with E-state index in [0.29, 0.717) is 29.4 Å². The summed E-state index contributed by atoms with van der Waals surface area (Å²) in [5, 5.41) is 12.4. The standard InChI is InChI=1S/C16H20Cl2N4O/c1-11(2)15(10-22-19-8-9-20-22)21-16(23)7-6-12-13(17)4-3-5-14(12)18/h3-5,8-9,11,15H,6-7,10H2,1-2H3,(H,21,23)/t15-/m0/s1. The van der Waals surface area contributed by atoms with Gasteiger partial charge in [0.05, 0.1) is 25.0 Å². The van der Waals surface area contributed by atoms with Crippen LogP contribution in [0.4, 0.5) is 0 Å². The van der Waals surface area contributed by atoms with Crippen molar-refractivity contribution in [2.24, 2.45) is 5.92 Å². The molecule has 124 valence electrons. The van der Waals surface area contributed by atoms with Crippen LogP contribution in [-0.2, 0) is 17.8 Å². The lowest BCUT2D eigenvalue weighted by Crippen LogP contribution is -2.42. The van der Waals surface area contributed by atoms with Crippen LogP contribution in [0.3, 0.4) is 0 Å². The molecule has 2 rings (SSSR count). The first-order chi connectivity index (χ1) is 11.0. The molecule has 1 N–H and O–H groups in total. The van der Waals surface area contributed by atoms with E-state index in [1.165, 1.54) is 0 Å². The summed E-state index contributed by atoms with van der Waals surface area (Å²) in [4.78, 5) is 13.8. The van der Waals surface area contributed by atoms with Crippen LogP contribution in [0.2, 0.25) is 10.0 Å². The molecule has 0 bridgehead atoms. The maximum absolute atomic E-state index is 12.2. The number of carbonyl (C=O) groups is 1. The Morgan fingerprint density at radius 1 is 1.22 bits per heavy atom. The first kappa shape index (κ1) is 17.8. The molecule has 1 aromatic carbocycles. The smallest absolute Gasteiger partial charge is 0.220 e. The van der Waals surface area contributed by atoms with E-state index in [9.17, 15) is 4.79 Å². The Labute approximate surface area is 146 Å². The number of hydrogen-bond donors (Lipinski definition) is 1. The van der Waals surface area contributed by atoms with Gasteiger partial charge in [-0.25, -0.2) is 0 Å². The van der Waals surface area contributed by atoms with E-state index in [1.54, 1.807) is 35.4 Å². The van der Waals surface area contributed by atoms with Crippen molar-refractivity contribution in [3.63, 3.8) is 0 Å². The van der Waals surface area contributed by atoms with Gasteiger partial charge in [0.2, 0.25) is 5.91 Å². The summed E-state index contributed by atoms with van der Waals surface area (Å²) in [6, 6.07) is 5.32. The van der Waals surface area contributed by atoms with Gasteiger partial charge in [-0.05, 0) is 30.0 Å². The van der Waals surface area contributed by atoms with Gasteiger partial charge in [-0.15, -0.1) is 0 Å². The number of carbonyl (C=O) groups excluding carboxylic acids is 1. The van der Waals surface area contributed by atoms with Crippen LogP contribution < -0.4 is 5.32 Å². The van der Waals surface area contributed by atoms with Gasteiger partial charge in [0.15, 0.2) is 0 Å². The number of nitrogens with zero attached hydrogens (tertiary/aromatic N) is 3. The van der Waals surface area contributed by atoms with Crippen molar-refractivity contribution in [2.75, 3.05) is 0 Å². The van der Waals surface area contributed by atoms with E-state index in [1.807, 2.05) is 0 Å². The van der Waals surface area contributed by atoms with Crippen molar-refractivity contribution in [1.29, 1.82) is 0 Å². The van der Waals surface area contributed by atoms with Crippen LogP contribution in [0.15, 0.2) is 30.6 Å². The number of hydrogen-bond acceptors (Lipinski definition) is 3. The normalized spacial score (nSPS) is 12.4. The molecule has 2 aromatic rings. The molecule has 0 unspecified atom stereocenters. The van der Waals surface area contributed by atoms with Gasteiger partial charge in [0, 0.05) is 16.5 Å². The lowest BCUT2D eigenvalue weighted by Gasteiger charge is -2.22. The fourth-order valence-corrected chi connectivity index (χ4v) is 2.81. The first-order valence-corrected chi connectivity index (χ1v) is 8.29. The minimum Gasteiger partial charge on any atom is -0.351 e. The summed E-state index contributed by atoms with van der Waals surface area (Å²) < 4.78 is 0. The highest BCUT2D eigenvalue weighted by molar-refractivity contribution is 6.36. The lowest BCUT2D eigenvalue weighted by atomic mass is 10.0. The molecule has 23 heavy (non-hydrogen) atoms. The summed E-state index contributed by atoms with van der Waals surface area (Å²) in [6.45, 7) is 4.65. The second-order valence-electron chi connectivity index (χ2n) is 5.70. The van der Waals surface area contributed by atoms with E-state index in [2.05, 4.69) is 29.4 Å². The lowest BCUT2D eigenvalue weighted by molar-refractivity contribution is -0.122. The van der Waals surface area contributed by atoms with Crippen LogP contribution in [0.1, 0.15) is 25.8 Å². The Hall–Kier alpha value is -1.59. The number of halogens is 2. The predicted molar refractivity (Wildman–Crippen MR) is 91.6 cm³/mol. The molecule has 1 atom stereocenters. The average Bonchev–Trinajstić information content (AvgIpc) is 2.99. The SMILES string of the molecule is CC(C)[C@H](Cn1nccn1)NC(=O)CCc1c(Cl)cccc1Cl. The molecule has 0 radical (unpaired) electrons. The van der Waals surface area contributed by atoms with Crippen LogP contribution >= 0.6 is 23.2 Å².